The van der Waals surface area contributed by atoms with Gasteiger partial charge in [0.2, 0.25) is 0 Å². The molecule has 0 bridgehead atoms. The van der Waals surface area contributed by atoms with Gasteiger partial charge in [-0.15, -0.1) is 0 Å². The minimum Gasteiger partial charge on any atom is -0.346 e. The molecule has 0 radical (unpaired) electrons. The summed E-state index contributed by atoms with van der Waals surface area (Å²) >= 11 is 0. The van der Waals surface area contributed by atoms with Crippen LogP contribution in [-0.2, 0) is 6.42 Å². The average molecular weight is 208 g/mol. The minimum absolute atomic E-state index is 0.563. The fraction of sp³-hybridized carbons (Fsp3) is 0.692. The van der Waals surface area contributed by atoms with Gasteiger partial charge in [0.25, 0.3) is 0 Å². The lowest BCUT2D eigenvalue weighted by molar-refractivity contribution is 0.572. The van der Waals surface area contributed by atoms with Crippen LogP contribution in [0.1, 0.15) is 49.7 Å². The highest BCUT2D eigenvalue weighted by Gasteiger charge is 2.10. The number of hydrogen-bond donors (Lipinski definition) is 1. The maximum Gasteiger partial charge on any atom is 0.0279 e. The largest absolute Gasteiger partial charge is 0.346 e. The summed E-state index contributed by atoms with van der Waals surface area (Å²) in [4.78, 5) is 0. The Balaban J connectivity index is 2.77. The van der Waals surface area contributed by atoms with Crippen molar-refractivity contribution in [1.29, 1.82) is 0 Å². The van der Waals surface area contributed by atoms with E-state index in [0.29, 0.717) is 6.04 Å². The number of nitrogens with two attached hydrogens (primary N) is 1. The lowest BCUT2D eigenvalue weighted by Gasteiger charge is -2.13. The van der Waals surface area contributed by atoms with Crippen molar-refractivity contribution < 1.29 is 0 Å². The van der Waals surface area contributed by atoms with Crippen LogP contribution >= 0.6 is 0 Å². The van der Waals surface area contributed by atoms with Crippen LogP contribution in [0, 0.1) is 13.8 Å². The molecule has 0 aromatic carbocycles. The minimum atomic E-state index is 0.563. The maximum absolute atomic E-state index is 5.51. The second-order valence-electron chi connectivity index (χ2n) is 4.61. The van der Waals surface area contributed by atoms with Crippen molar-refractivity contribution in [1.82, 2.24) is 4.57 Å². The third-order valence-electron chi connectivity index (χ3n) is 3.01. The Hall–Kier alpha value is -0.760. The fourth-order valence-corrected chi connectivity index (χ4v) is 2.35. The van der Waals surface area contributed by atoms with Crippen LogP contribution in [0.5, 0.6) is 0 Å². The van der Waals surface area contributed by atoms with E-state index < -0.39 is 0 Å². The van der Waals surface area contributed by atoms with Crippen LogP contribution in [0.25, 0.3) is 0 Å². The highest BCUT2D eigenvalue weighted by atomic mass is 15.0. The molecule has 2 nitrogen and oxygen atoms in total. The second kappa shape index (κ2) is 5.36. The molecule has 0 spiro atoms. The van der Waals surface area contributed by atoms with Crippen molar-refractivity contribution >= 4 is 0 Å². The molecule has 0 aliphatic rings. The van der Waals surface area contributed by atoms with Gasteiger partial charge in [-0.1, -0.05) is 0 Å². The quantitative estimate of drug-likeness (QED) is 0.741. The molecule has 0 saturated heterocycles. The molecule has 1 rings (SSSR count). The summed E-state index contributed by atoms with van der Waals surface area (Å²) in [6, 6.07) is 2.89. The van der Waals surface area contributed by atoms with E-state index in [0.717, 1.165) is 13.0 Å². The zero-order valence-corrected chi connectivity index (χ0v) is 10.5. The normalized spacial score (nSPS) is 11.3. The van der Waals surface area contributed by atoms with Gasteiger partial charge < -0.3 is 10.3 Å². The number of hydrogen-bond acceptors (Lipinski definition) is 1. The summed E-state index contributed by atoms with van der Waals surface area (Å²) in [6.07, 6.45) is 3.51. The van der Waals surface area contributed by atoms with Crippen LogP contribution in [0.4, 0.5) is 0 Å². The van der Waals surface area contributed by atoms with Crippen molar-refractivity contribution in [3.8, 4) is 0 Å². The predicted molar refractivity (Wildman–Crippen MR) is 66.3 cm³/mol. The first-order chi connectivity index (χ1) is 7.07. The van der Waals surface area contributed by atoms with E-state index in [1.807, 2.05) is 0 Å². The Morgan fingerprint density at radius 1 is 1.27 bits per heavy atom. The summed E-state index contributed by atoms with van der Waals surface area (Å²) in [5.74, 6) is 0. The first-order valence-electron chi connectivity index (χ1n) is 5.95. The fourth-order valence-electron chi connectivity index (χ4n) is 2.35. The average Bonchev–Trinajstić information content (AvgIpc) is 2.42. The van der Waals surface area contributed by atoms with Crippen molar-refractivity contribution in [2.75, 3.05) is 6.54 Å². The molecule has 0 atom stereocenters. The lowest BCUT2D eigenvalue weighted by Crippen LogP contribution is -2.05. The Labute approximate surface area is 93.5 Å². The molecule has 0 amide bonds. The van der Waals surface area contributed by atoms with Gasteiger partial charge >= 0.3 is 0 Å². The summed E-state index contributed by atoms with van der Waals surface area (Å²) in [7, 11) is 0. The molecular formula is C13H24N2. The molecule has 15 heavy (non-hydrogen) atoms. The topological polar surface area (TPSA) is 30.9 Å². The van der Waals surface area contributed by atoms with Gasteiger partial charge in [-0.25, -0.2) is 0 Å². The highest BCUT2D eigenvalue weighted by Crippen LogP contribution is 2.21. The maximum atomic E-state index is 5.51. The molecule has 2 N–H and O–H groups in total. The third kappa shape index (κ3) is 2.85. The third-order valence-corrected chi connectivity index (χ3v) is 3.01. The van der Waals surface area contributed by atoms with E-state index >= 15 is 0 Å². The van der Waals surface area contributed by atoms with E-state index in [1.54, 1.807) is 0 Å². The van der Waals surface area contributed by atoms with Crippen molar-refractivity contribution in [3.63, 3.8) is 0 Å². The number of aromatic nitrogens is 1. The van der Waals surface area contributed by atoms with Gasteiger partial charge in [-0.2, -0.15) is 0 Å². The smallest absolute Gasteiger partial charge is 0.0279 e. The van der Waals surface area contributed by atoms with Gasteiger partial charge in [0.1, 0.15) is 0 Å². The molecule has 2 heteroatoms. The summed E-state index contributed by atoms with van der Waals surface area (Å²) in [6.45, 7) is 9.71. The van der Waals surface area contributed by atoms with Crippen LogP contribution in [-0.4, -0.2) is 11.1 Å². The zero-order valence-electron chi connectivity index (χ0n) is 10.5. The first kappa shape index (κ1) is 12.3. The summed E-state index contributed by atoms with van der Waals surface area (Å²) < 4.78 is 2.41. The SMILES string of the molecule is Cc1cc(CCCCN)c(C)n1C(C)C. The van der Waals surface area contributed by atoms with Crippen molar-refractivity contribution in [2.24, 2.45) is 5.73 Å². The number of rotatable bonds is 5. The Morgan fingerprint density at radius 2 is 1.93 bits per heavy atom. The van der Waals surface area contributed by atoms with E-state index in [1.165, 1.54) is 29.8 Å². The van der Waals surface area contributed by atoms with Gasteiger partial charge in [-0.05, 0) is 65.1 Å². The molecule has 0 aliphatic carbocycles. The van der Waals surface area contributed by atoms with E-state index in [2.05, 4.69) is 38.3 Å². The molecule has 0 fully saturated rings. The Morgan fingerprint density at radius 3 is 2.40 bits per heavy atom. The van der Waals surface area contributed by atoms with Gasteiger partial charge in [0.15, 0.2) is 0 Å². The number of aryl methyl sites for hydroxylation is 2. The van der Waals surface area contributed by atoms with E-state index in [4.69, 9.17) is 5.73 Å². The Kier molecular flexibility index (Phi) is 4.40. The van der Waals surface area contributed by atoms with Gasteiger partial charge in [-0.3, -0.25) is 0 Å². The first-order valence-corrected chi connectivity index (χ1v) is 5.95. The van der Waals surface area contributed by atoms with Gasteiger partial charge in [0.05, 0.1) is 0 Å². The molecule has 1 aromatic rings. The molecular weight excluding hydrogens is 184 g/mol. The van der Waals surface area contributed by atoms with Crippen LogP contribution < -0.4 is 5.73 Å². The molecule has 1 heterocycles. The molecule has 1 aromatic heterocycles. The lowest BCUT2D eigenvalue weighted by atomic mass is 10.1. The number of nitrogens with zero attached hydrogens (tertiary/aromatic N) is 1. The highest BCUT2D eigenvalue weighted by molar-refractivity contribution is 5.27. The standard InChI is InChI=1S/C13H24N2/c1-10(2)15-11(3)9-13(12(15)4)7-5-6-8-14/h9-10H,5-8,14H2,1-4H3. The van der Waals surface area contributed by atoms with Crippen molar-refractivity contribution in [3.05, 3.63) is 23.0 Å². The second-order valence-corrected chi connectivity index (χ2v) is 4.61. The van der Waals surface area contributed by atoms with E-state index in [9.17, 15) is 0 Å². The zero-order chi connectivity index (χ0) is 11.4. The van der Waals surface area contributed by atoms with Gasteiger partial charge in [0, 0.05) is 17.4 Å². The molecule has 86 valence electrons. The molecule has 0 saturated carbocycles. The number of unbranched alkanes of at least 4 members (excludes halogenated alkanes) is 1. The van der Waals surface area contributed by atoms with Crippen LogP contribution in [0.2, 0.25) is 0 Å². The van der Waals surface area contributed by atoms with Crippen LogP contribution in [0.3, 0.4) is 0 Å². The van der Waals surface area contributed by atoms with Crippen molar-refractivity contribution in [2.45, 2.75) is 53.0 Å². The molecule has 0 unspecified atom stereocenters. The van der Waals surface area contributed by atoms with E-state index in [-0.39, 0.29) is 0 Å². The monoisotopic (exact) mass is 208 g/mol. The summed E-state index contributed by atoms with van der Waals surface area (Å²) in [5.41, 5.74) is 9.81. The predicted octanol–water partition coefficient (Wildman–Crippen LogP) is 2.97. The summed E-state index contributed by atoms with van der Waals surface area (Å²) in [5, 5.41) is 0. The molecule has 0 aliphatic heterocycles. The Bertz CT molecular complexity index is 311. The van der Waals surface area contributed by atoms with Crippen LogP contribution in [0.15, 0.2) is 6.07 Å².